The molecule has 1 aliphatic heterocycles. The normalized spacial score (nSPS) is 14.0. The third kappa shape index (κ3) is 6.70. The van der Waals surface area contributed by atoms with Gasteiger partial charge in [0.15, 0.2) is 11.5 Å². The van der Waals surface area contributed by atoms with E-state index in [0.29, 0.717) is 58.5 Å². The lowest BCUT2D eigenvalue weighted by molar-refractivity contribution is -0.140. The lowest BCUT2D eigenvalue weighted by Crippen LogP contribution is -2.49. The first kappa shape index (κ1) is 24.5. The van der Waals surface area contributed by atoms with Crippen molar-refractivity contribution in [3.63, 3.8) is 0 Å². The van der Waals surface area contributed by atoms with Crippen LogP contribution in [0.3, 0.4) is 0 Å². The molecule has 1 saturated heterocycles. The van der Waals surface area contributed by atoms with E-state index in [1.807, 2.05) is 40.3 Å². The highest BCUT2D eigenvalue weighted by Gasteiger charge is 2.22. The molecule has 0 N–H and O–H groups in total. The van der Waals surface area contributed by atoms with E-state index in [0.717, 1.165) is 5.75 Å². The van der Waals surface area contributed by atoms with Gasteiger partial charge in [-0.25, -0.2) is 0 Å². The van der Waals surface area contributed by atoms with Crippen molar-refractivity contribution < 1.29 is 19.1 Å². The van der Waals surface area contributed by atoms with Crippen molar-refractivity contribution in [3.05, 3.63) is 81.8 Å². The van der Waals surface area contributed by atoms with Gasteiger partial charge in [-0.2, -0.15) is 0 Å². The van der Waals surface area contributed by atoms with Gasteiger partial charge in [0.05, 0.1) is 31.1 Å². The van der Waals surface area contributed by atoms with Crippen molar-refractivity contribution in [2.24, 2.45) is 0 Å². The van der Waals surface area contributed by atoms with E-state index >= 15 is 0 Å². The summed E-state index contributed by atoms with van der Waals surface area (Å²) >= 11 is 18.3. The minimum absolute atomic E-state index is 0.0182. The number of hydrogen-bond donors (Lipinski definition) is 0. The topological polar surface area (TPSA) is 51.2 Å². The van der Waals surface area contributed by atoms with Gasteiger partial charge in [0.1, 0.15) is 11.5 Å². The molecule has 3 aromatic rings. The molecule has 0 aliphatic carbocycles. The van der Waals surface area contributed by atoms with Crippen LogP contribution in [0, 0.1) is 0 Å². The molecule has 1 heterocycles. The van der Waals surface area contributed by atoms with Crippen molar-refractivity contribution >= 4 is 40.7 Å². The van der Waals surface area contributed by atoms with Gasteiger partial charge < -0.3 is 19.2 Å². The Kier molecular flexibility index (Phi) is 8.40. The highest BCUT2D eigenvalue weighted by atomic mass is 35.5. The monoisotopic (exact) mass is 520 g/mol. The number of carbonyl (C=O) groups excluding carboxylic acids is 1. The Morgan fingerprint density at radius 3 is 2.18 bits per heavy atom. The van der Waals surface area contributed by atoms with Crippen molar-refractivity contribution in [3.8, 4) is 23.0 Å². The number of nitrogens with zero attached hydrogens (tertiary/aromatic N) is 2. The lowest BCUT2D eigenvalue weighted by Gasteiger charge is -2.34. The zero-order chi connectivity index (χ0) is 23.9. The molecule has 0 aromatic heterocycles. The molecule has 178 valence electrons. The fourth-order valence-corrected chi connectivity index (χ4v) is 4.03. The second-order valence-corrected chi connectivity index (χ2v) is 8.86. The number of rotatable bonds is 8. The Bertz CT molecular complexity index is 1120. The smallest absolute Gasteiger partial charge is 0.226 e. The molecule has 34 heavy (non-hydrogen) atoms. The summed E-state index contributed by atoms with van der Waals surface area (Å²) in [5, 5.41) is 3.24. The highest BCUT2D eigenvalue weighted by molar-refractivity contribution is 6.35. The van der Waals surface area contributed by atoms with Crippen LogP contribution in [0.2, 0.25) is 15.1 Å². The van der Waals surface area contributed by atoms with Gasteiger partial charge in [-0.3, -0.25) is 4.79 Å². The Hall–Kier alpha value is -2.64. The summed E-state index contributed by atoms with van der Waals surface area (Å²) in [7, 11) is 0. The molecule has 0 bridgehead atoms. The number of piperazine rings is 1. The van der Waals surface area contributed by atoms with E-state index in [1.165, 1.54) is 0 Å². The summed E-state index contributed by atoms with van der Waals surface area (Å²) in [5.41, 5.74) is 0. The summed E-state index contributed by atoms with van der Waals surface area (Å²) in [5.74, 6) is 2.10. The Morgan fingerprint density at radius 1 is 0.794 bits per heavy atom. The highest BCUT2D eigenvalue weighted by Crippen LogP contribution is 2.37. The summed E-state index contributed by atoms with van der Waals surface area (Å²) in [4.78, 5) is 20.3. The molecular formula is C25H23Cl3N2O4. The minimum Gasteiger partial charge on any atom is -0.489 e. The van der Waals surface area contributed by atoms with Crippen molar-refractivity contribution in [2.45, 2.75) is 6.42 Å². The molecule has 1 fully saturated rings. The van der Waals surface area contributed by atoms with Gasteiger partial charge in [-0.1, -0.05) is 53.0 Å². The van der Waals surface area contributed by atoms with Gasteiger partial charge in [0.25, 0.3) is 0 Å². The van der Waals surface area contributed by atoms with Crippen LogP contribution in [-0.4, -0.2) is 48.7 Å². The maximum Gasteiger partial charge on any atom is 0.226 e. The second kappa shape index (κ2) is 11.7. The lowest BCUT2D eigenvalue weighted by atomic mass is 10.3. The van der Waals surface area contributed by atoms with Crippen LogP contribution in [0.25, 0.3) is 0 Å². The number of halogens is 3. The molecule has 9 heteroatoms. The molecule has 1 amide bonds. The van der Waals surface area contributed by atoms with Crippen LogP contribution in [0.4, 0.5) is 0 Å². The van der Waals surface area contributed by atoms with Crippen molar-refractivity contribution in [1.29, 1.82) is 0 Å². The number of carbonyl (C=O) groups is 1. The predicted octanol–water partition coefficient (Wildman–Crippen LogP) is 6.35. The standard InChI is InChI=1S/C25H23Cl3N2O4/c26-18-6-8-22(21(28)16-18)33-23-9-7-19(27)17-24(23)32-15-10-25(31)29-11-13-30(14-12-29)34-20-4-2-1-3-5-20/h1-9,16-17H,10-15H2. The number of amides is 1. The summed E-state index contributed by atoms with van der Waals surface area (Å²) in [6.07, 6.45) is 0.229. The molecule has 0 atom stereocenters. The average molecular weight is 522 g/mol. The Balaban J connectivity index is 1.28. The first-order chi connectivity index (χ1) is 16.5. The van der Waals surface area contributed by atoms with Crippen LogP contribution in [0.1, 0.15) is 6.42 Å². The summed E-state index contributed by atoms with van der Waals surface area (Å²) in [6, 6.07) is 19.6. The van der Waals surface area contributed by atoms with Gasteiger partial charge >= 0.3 is 0 Å². The largest absolute Gasteiger partial charge is 0.489 e. The first-order valence-corrected chi connectivity index (χ1v) is 11.9. The molecule has 0 radical (unpaired) electrons. The van der Waals surface area contributed by atoms with Gasteiger partial charge in [0, 0.05) is 29.2 Å². The summed E-state index contributed by atoms with van der Waals surface area (Å²) < 4.78 is 11.7. The number of para-hydroxylation sites is 1. The quantitative estimate of drug-likeness (QED) is 0.346. The Labute approximate surface area is 213 Å². The van der Waals surface area contributed by atoms with Gasteiger partial charge in [-0.15, -0.1) is 5.06 Å². The first-order valence-electron chi connectivity index (χ1n) is 10.8. The minimum atomic E-state index is 0.0182. The zero-order valence-corrected chi connectivity index (χ0v) is 20.5. The fraction of sp³-hybridized carbons (Fsp3) is 0.240. The van der Waals surface area contributed by atoms with E-state index in [1.54, 1.807) is 36.4 Å². The summed E-state index contributed by atoms with van der Waals surface area (Å²) in [6.45, 7) is 2.63. The van der Waals surface area contributed by atoms with E-state index < -0.39 is 0 Å². The molecule has 1 aliphatic rings. The van der Waals surface area contributed by atoms with E-state index in [9.17, 15) is 4.79 Å². The van der Waals surface area contributed by atoms with Crippen LogP contribution in [0.15, 0.2) is 66.7 Å². The third-order valence-electron chi connectivity index (χ3n) is 5.16. The Morgan fingerprint density at radius 2 is 1.47 bits per heavy atom. The van der Waals surface area contributed by atoms with Gasteiger partial charge in [-0.05, 0) is 42.5 Å². The molecule has 3 aromatic carbocycles. The average Bonchev–Trinajstić information content (AvgIpc) is 2.83. The van der Waals surface area contributed by atoms with E-state index in [4.69, 9.17) is 49.1 Å². The van der Waals surface area contributed by atoms with Crippen LogP contribution < -0.4 is 14.3 Å². The van der Waals surface area contributed by atoms with Gasteiger partial charge in [0.2, 0.25) is 5.91 Å². The van der Waals surface area contributed by atoms with Crippen LogP contribution in [0.5, 0.6) is 23.0 Å². The van der Waals surface area contributed by atoms with E-state index in [2.05, 4.69) is 0 Å². The fourth-order valence-electron chi connectivity index (χ4n) is 3.42. The van der Waals surface area contributed by atoms with Crippen molar-refractivity contribution in [2.75, 3.05) is 32.8 Å². The second-order valence-electron chi connectivity index (χ2n) is 7.58. The van der Waals surface area contributed by atoms with Crippen LogP contribution >= 0.6 is 34.8 Å². The molecule has 0 unspecified atom stereocenters. The zero-order valence-electron chi connectivity index (χ0n) is 18.3. The van der Waals surface area contributed by atoms with Crippen LogP contribution in [-0.2, 0) is 4.79 Å². The molecular weight excluding hydrogens is 499 g/mol. The maximum absolute atomic E-state index is 12.7. The van der Waals surface area contributed by atoms with Crippen molar-refractivity contribution in [1.82, 2.24) is 9.96 Å². The molecule has 0 spiro atoms. The third-order valence-corrected chi connectivity index (χ3v) is 5.93. The number of hydrogen-bond acceptors (Lipinski definition) is 5. The van der Waals surface area contributed by atoms with E-state index in [-0.39, 0.29) is 18.9 Å². The number of benzene rings is 3. The molecule has 6 nitrogen and oxygen atoms in total. The SMILES string of the molecule is O=C(CCOc1cc(Cl)ccc1Oc1ccc(Cl)cc1Cl)N1CCN(Oc2ccccc2)CC1. The number of ether oxygens (including phenoxy) is 2. The number of hydroxylamine groups is 2. The molecule has 4 rings (SSSR count). The maximum atomic E-state index is 12.7. The molecule has 0 saturated carbocycles. The predicted molar refractivity (Wildman–Crippen MR) is 133 cm³/mol.